The number of rotatable bonds is 4. The molecule has 0 radical (unpaired) electrons. The predicted molar refractivity (Wildman–Crippen MR) is 67.6 cm³/mol. The minimum Gasteiger partial charge on any atom is -0.464 e. The fourth-order valence-corrected chi connectivity index (χ4v) is 2.02. The highest BCUT2D eigenvalue weighted by Gasteiger charge is 2.33. The van der Waals surface area contributed by atoms with Crippen LogP contribution < -0.4 is 5.73 Å². The molecule has 0 aliphatic heterocycles. The molecule has 1 aromatic carbocycles. The Bertz CT molecular complexity index is 493. The molecule has 1 rings (SSSR count). The molecule has 0 amide bonds. The van der Waals surface area contributed by atoms with Crippen molar-refractivity contribution in [2.45, 2.75) is 25.3 Å². The minimum atomic E-state index is -4.59. The largest absolute Gasteiger partial charge is 0.464 e. The van der Waals surface area contributed by atoms with Gasteiger partial charge in [-0.2, -0.15) is 13.2 Å². The van der Waals surface area contributed by atoms with Crippen LogP contribution in [0.3, 0.4) is 0 Å². The molecule has 0 fully saturated rings. The highest BCUT2D eigenvalue weighted by molar-refractivity contribution is 9.10. The van der Waals surface area contributed by atoms with Gasteiger partial charge in [0.05, 0.1) is 18.2 Å². The average Bonchev–Trinajstić information content (AvgIpc) is 2.35. The maximum Gasteiger partial charge on any atom is 0.416 e. The summed E-state index contributed by atoms with van der Waals surface area (Å²) in [6.07, 6.45) is -6.82. The number of alkyl halides is 4. The van der Waals surface area contributed by atoms with Crippen molar-refractivity contribution in [3.8, 4) is 0 Å². The van der Waals surface area contributed by atoms with E-state index in [1.165, 1.54) is 13.0 Å². The smallest absolute Gasteiger partial charge is 0.416 e. The van der Waals surface area contributed by atoms with E-state index < -0.39 is 29.9 Å². The Balaban J connectivity index is 3.07. The summed E-state index contributed by atoms with van der Waals surface area (Å²) in [5.74, 6) is -1.20. The highest BCUT2D eigenvalue weighted by atomic mass is 79.9. The molecular weight excluding hydrogens is 346 g/mol. The molecule has 3 nitrogen and oxygen atoms in total. The number of carbonyl (C=O) groups is 1. The molecule has 0 bridgehead atoms. The Hall–Kier alpha value is -1.15. The number of halogens is 5. The number of esters is 1. The van der Waals surface area contributed by atoms with Crippen LogP contribution in [-0.4, -0.2) is 18.7 Å². The van der Waals surface area contributed by atoms with E-state index in [0.29, 0.717) is 6.07 Å². The Morgan fingerprint density at radius 1 is 1.40 bits per heavy atom. The van der Waals surface area contributed by atoms with Crippen molar-refractivity contribution < 1.29 is 27.1 Å². The Morgan fingerprint density at radius 3 is 2.50 bits per heavy atom. The lowest BCUT2D eigenvalue weighted by molar-refractivity contribution is -0.149. The summed E-state index contributed by atoms with van der Waals surface area (Å²) in [6, 6.07) is 1.24. The number of ether oxygens (including phenoxy) is 1. The molecule has 0 aliphatic rings. The number of benzene rings is 1. The molecule has 0 aliphatic carbocycles. The second-order valence-electron chi connectivity index (χ2n) is 3.95. The molecule has 2 atom stereocenters. The molecule has 1 unspecified atom stereocenters. The van der Waals surface area contributed by atoms with E-state index in [1.54, 1.807) is 0 Å². The summed E-state index contributed by atoms with van der Waals surface area (Å²) >= 11 is 2.90. The monoisotopic (exact) mass is 357 g/mol. The molecule has 112 valence electrons. The zero-order valence-corrected chi connectivity index (χ0v) is 12.0. The van der Waals surface area contributed by atoms with Crippen molar-refractivity contribution in [2.75, 3.05) is 6.61 Å². The van der Waals surface area contributed by atoms with Crippen LogP contribution in [0.1, 0.15) is 24.1 Å². The van der Waals surface area contributed by atoms with Gasteiger partial charge in [-0.05, 0) is 30.7 Å². The quantitative estimate of drug-likeness (QED) is 0.663. The van der Waals surface area contributed by atoms with Gasteiger partial charge in [-0.1, -0.05) is 15.9 Å². The summed E-state index contributed by atoms with van der Waals surface area (Å²) in [5.41, 5.74) is 4.36. The third kappa shape index (κ3) is 4.17. The first-order chi connectivity index (χ1) is 9.16. The van der Waals surface area contributed by atoms with Gasteiger partial charge >= 0.3 is 12.1 Å². The second-order valence-corrected chi connectivity index (χ2v) is 4.87. The van der Waals surface area contributed by atoms with Crippen LogP contribution in [0.2, 0.25) is 0 Å². The molecule has 0 heterocycles. The summed E-state index contributed by atoms with van der Waals surface area (Å²) in [6.45, 7) is 1.44. The summed E-state index contributed by atoms with van der Waals surface area (Å²) in [7, 11) is 0. The third-order valence-electron chi connectivity index (χ3n) is 2.46. The van der Waals surface area contributed by atoms with Gasteiger partial charge in [0.1, 0.15) is 0 Å². The number of hydrogen-bond acceptors (Lipinski definition) is 3. The molecule has 2 N–H and O–H groups in total. The SMILES string of the molecule is CCOC(=O)C(F)[C@@H](N)c1cc(Br)cc(C(F)(F)F)c1. The molecule has 0 saturated heterocycles. The third-order valence-corrected chi connectivity index (χ3v) is 2.92. The minimum absolute atomic E-state index is 0.0434. The maximum atomic E-state index is 13.7. The topological polar surface area (TPSA) is 52.3 Å². The fourth-order valence-electron chi connectivity index (χ4n) is 1.51. The van der Waals surface area contributed by atoms with Crippen LogP contribution in [-0.2, 0) is 15.7 Å². The number of carbonyl (C=O) groups excluding carboxylic acids is 1. The van der Waals surface area contributed by atoms with Gasteiger partial charge in [-0.25, -0.2) is 9.18 Å². The maximum absolute atomic E-state index is 13.7. The lowest BCUT2D eigenvalue weighted by Crippen LogP contribution is -2.31. The summed E-state index contributed by atoms with van der Waals surface area (Å²) < 4.78 is 56.2. The Morgan fingerprint density at radius 2 is 2.00 bits per heavy atom. The molecule has 20 heavy (non-hydrogen) atoms. The standard InChI is InChI=1S/C12H12BrF4NO2/c1-2-20-11(19)9(14)10(18)6-3-7(12(15,16)17)5-8(13)4-6/h3-5,9-10H,2,18H2,1H3/t9?,10-/m0/s1. The zero-order valence-electron chi connectivity index (χ0n) is 10.4. The normalized spacial score (nSPS) is 14.8. The van der Waals surface area contributed by atoms with Crippen molar-refractivity contribution in [3.05, 3.63) is 33.8 Å². The first kappa shape index (κ1) is 16.9. The zero-order chi connectivity index (χ0) is 15.5. The highest BCUT2D eigenvalue weighted by Crippen LogP contribution is 2.33. The lowest BCUT2D eigenvalue weighted by Gasteiger charge is -2.18. The van der Waals surface area contributed by atoms with Gasteiger partial charge in [0, 0.05) is 4.47 Å². The Labute approximate surface area is 121 Å². The molecule has 0 aromatic heterocycles. The van der Waals surface area contributed by atoms with Crippen molar-refractivity contribution in [1.82, 2.24) is 0 Å². The van der Waals surface area contributed by atoms with Crippen molar-refractivity contribution in [3.63, 3.8) is 0 Å². The summed E-state index contributed by atoms with van der Waals surface area (Å²) in [4.78, 5) is 11.2. The van der Waals surface area contributed by atoms with Gasteiger partial charge in [0.15, 0.2) is 0 Å². The number of hydrogen-bond donors (Lipinski definition) is 1. The fraction of sp³-hybridized carbons (Fsp3) is 0.417. The van der Waals surface area contributed by atoms with E-state index in [2.05, 4.69) is 20.7 Å². The Kier molecular flexibility index (Phi) is 5.52. The van der Waals surface area contributed by atoms with Crippen LogP contribution in [0.5, 0.6) is 0 Å². The van der Waals surface area contributed by atoms with Crippen LogP contribution in [0, 0.1) is 0 Å². The van der Waals surface area contributed by atoms with Gasteiger partial charge in [0.2, 0.25) is 6.17 Å². The van der Waals surface area contributed by atoms with Crippen molar-refractivity contribution in [2.24, 2.45) is 5.73 Å². The van der Waals surface area contributed by atoms with E-state index in [1.807, 2.05) is 0 Å². The van der Waals surface area contributed by atoms with Crippen LogP contribution in [0.25, 0.3) is 0 Å². The van der Waals surface area contributed by atoms with E-state index >= 15 is 0 Å². The molecule has 1 aromatic rings. The van der Waals surface area contributed by atoms with Gasteiger partial charge < -0.3 is 10.5 Å². The van der Waals surface area contributed by atoms with Crippen LogP contribution in [0.15, 0.2) is 22.7 Å². The number of nitrogens with two attached hydrogens (primary N) is 1. The van der Waals surface area contributed by atoms with E-state index in [-0.39, 0.29) is 16.6 Å². The van der Waals surface area contributed by atoms with Gasteiger partial charge in [0.25, 0.3) is 0 Å². The molecular formula is C12H12BrF4NO2. The first-order valence-electron chi connectivity index (χ1n) is 5.60. The molecule has 0 saturated carbocycles. The summed E-state index contributed by atoms with van der Waals surface area (Å²) in [5, 5.41) is 0. The van der Waals surface area contributed by atoms with Crippen molar-refractivity contribution >= 4 is 21.9 Å². The molecule has 8 heteroatoms. The lowest BCUT2D eigenvalue weighted by atomic mass is 10.0. The average molecular weight is 358 g/mol. The van der Waals surface area contributed by atoms with E-state index in [4.69, 9.17) is 5.73 Å². The van der Waals surface area contributed by atoms with E-state index in [9.17, 15) is 22.4 Å². The van der Waals surface area contributed by atoms with Crippen molar-refractivity contribution in [1.29, 1.82) is 0 Å². The van der Waals surface area contributed by atoms with Gasteiger partial charge in [-0.15, -0.1) is 0 Å². The second kappa shape index (κ2) is 6.53. The van der Waals surface area contributed by atoms with Crippen LogP contribution >= 0.6 is 15.9 Å². The first-order valence-corrected chi connectivity index (χ1v) is 6.40. The molecule has 0 spiro atoms. The van der Waals surface area contributed by atoms with Crippen LogP contribution in [0.4, 0.5) is 17.6 Å². The van der Waals surface area contributed by atoms with Gasteiger partial charge in [-0.3, -0.25) is 0 Å². The van der Waals surface area contributed by atoms with E-state index in [0.717, 1.165) is 6.07 Å². The predicted octanol–water partition coefficient (Wildman–Crippen LogP) is 3.37.